The second-order valence-corrected chi connectivity index (χ2v) is 6.80. The maximum atomic E-state index is 13.1. The van der Waals surface area contributed by atoms with Gasteiger partial charge in [-0.05, 0) is 49.2 Å². The van der Waals surface area contributed by atoms with Gasteiger partial charge < -0.3 is 10.2 Å². The Morgan fingerprint density at radius 2 is 1.80 bits per heavy atom. The van der Waals surface area contributed by atoms with E-state index in [2.05, 4.69) is 21.2 Å². The monoisotopic (exact) mass is 412 g/mol. The molecule has 0 radical (unpaired) electrons. The number of nitrogens with zero attached hydrogens (tertiary/aromatic N) is 1. The molecule has 0 aliphatic carbocycles. The van der Waals surface area contributed by atoms with Crippen LogP contribution in [0.2, 0.25) is 0 Å². The normalized spacial score (nSPS) is 14.6. The second-order valence-electron chi connectivity index (χ2n) is 5.89. The maximum Gasteiger partial charge on any atom is 0.416 e. The summed E-state index contributed by atoms with van der Waals surface area (Å²) in [5.41, 5.74) is 0.398. The number of alkyl halides is 3. The highest BCUT2D eigenvalue weighted by molar-refractivity contribution is 9.10. The molecule has 3 nitrogen and oxygen atoms in total. The van der Waals surface area contributed by atoms with E-state index < -0.39 is 17.6 Å². The summed E-state index contributed by atoms with van der Waals surface area (Å²) in [6.07, 6.45) is -2.49. The fourth-order valence-corrected chi connectivity index (χ4v) is 3.27. The molecule has 2 aromatic carbocycles. The van der Waals surface area contributed by atoms with Crippen LogP contribution in [0.1, 0.15) is 28.8 Å². The Morgan fingerprint density at radius 3 is 2.44 bits per heavy atom. The molecule has 25 heavy (non-hydrogen) atoms. The molecular weight excluding hydrogens is 397 g/mol. The first-order valence-electron chi connectivity index (χ1n) is 7.88. The summed E-state index contributed by atoms with van der Waals surface area (Å²) < 4.78 is 39.9. The lowest BCUT2D eigenvalue weighted by Crippen LogP contribution is -2.22. The van der Waals surface area contributed by atoms with Gasteiger partial charge in [0.25, 0.3) is 5.91 Å². The van der Waals surface area contributed by atoms with Crippen LogP contribution in [0.15, 0.2) is 46.9 Å². The molecule has 1 amide bonds. The molecule has 0 unspecified atom stereocenters. The van der Waals surface area contributed by atoms with Crippen LogP contribution in [0.4, 0.5) is 24.5 Å². The van der Waals surface area contributed by atoms with Crippen molar-refractivity contribution in [1.29, 1.82) is 0 Å². The van der Waals surface area contributed by atoms with Gasteiger partial charge in [0.15, 0.2) is 0 Å². The first-order chi connectivity index (χ1) is 11.8. The lowest BCUT2D eigenvalue weighted by Gasteiger charge is -2.23. The predicted octanol–water partition coefficient (Wildman–Crippen LogP) is 5.32. The Hall–Kier alpha value is -2.02. The van der Waals surface area contributed by atoms with Crippen LogP contribution in [0, 0.1) is 0 Å². The number of halogens is 4. The van der Waals surface area contributed by atoms with Crippen molar-refractivity contribution < 1.29 is 18.0 Å². The molecule has 0 atom stereocenters. The highest BCUT2D eigenvalue weighted by Gasteiger charge is 2.32. The van der Waals surface area contributed by atoms with Crippen molar-refractivity contribution in [2.45, 2.75) is 19.0 Å². The number of anilines is 2. The molecule has 1 aliphatic heterocycles. The smallest absolute Gasteiger partial charge is 0.370 e. The number of amides is 1. The standard InChI is InChI=1S/C18H16BrF3N2O/c19-14-5-3-4-12(10-14)17(25)23-15-11-13(18(20,21)22)6-7-16(15)24-8-1-2-9-24/h3-7,10-11H,1-2,8-9H2,(H,23,25). The first-order valence-corrected chi connectivity index (χ1v) is 8.67. The van der Waals surface area contributed by atoms with E-state index in [-0.39, 0.29) is 5.69 Å². The molecule has 7 heteroatoms. The van der Waals surface area contributed by atoms with Gasteiger partial charge in [0.05, 0.1) is 16.9 Å². The number of carbonyl (C=O) groups is 1. The van der Waals surface area contributed by atoms with E-state index in [4.69, 9.17) is 0 Å². The van der Waals surface area contributed by atoms with Crippen molar-refractivity contribution in [1.82, 2.24) is 0 Å². The molecule has 0 spiro atoms. The number of rotatable bonds is 3. The Balaban J connectivity index is 1.95. The van der Waals surface area contributed by atoms with Crippen LogP contribution >= 0.6 is 15.9 Å². The predicted molar refractivity (Wildman–Crippen MR) is 95.0 cm³/mol. The zero-order valence-corrected chi connectivity index (χ0v) is 14.8. The molecule has 1 N–H and O–H groups in total. The minimum absolute atomic E-state index is 0.182. The van der Waals surface area contributed by atoms with Crippen molar-refractivity contribution in [2.75, 3.05) is 23.3 Å². The van der Waals surface area contributed by atoms with Gasteiger partial charge in [0.2, 0.25) is 0 Å². The largest absolute Gasteiger partial charge is 0.416 e. The number of hydrogen-bond donors (Lipinski definition) is 1. The van der Waals surface area contributed by atoms with Crippen LogP contribution < -0.4 is 10.2 Å². The van der Waals surface area contributed by atoms with Gasteiger partial charge >= 0.3 is 6.18 Å². The lowest BCUT2D eigenvalue weighted by atomic mass is 10.1. The summed E-state index contributed by atoms with van der Waals surface area (Å²) in [6.45, 7) is 1.54. The summed E-state index contributed by atoms with van der Waals surface area (Å²) in [6, 6.07) is 10.2. The molecule has 1 saturated heterocycles. The minimum Gasteiger partial charge on any atom is -0.370 e. The van der Waals surface area contributed by atoms with Crippen LogP contribution in [0.3, 0.4) is 0 Å². The highest BCUT2D eigenvalue weighted by atomic mass is 79.9. The van der Waals surface area contributed by atoms with E-state index in [9.17, 15) is 18.0 Å². The van der Waals surface area contributed by atoms with Crippen molar-refractivity contribution >= 4 is 33.2 Å². The van der Waals surface area contributed by atoms with Gasteiger partial charge in [-0.1, -0.05) is 22.0 Å². The third-order valence-electron chi connectivity index (χ3n) is 4.11. The fourth-order valence-electron chi connectivity index (χ4n) is 2.87. The summed E-state index contributed by atoms with van der Waals surface area (Å²) >= 11 is 3.28. The van der Waals surface area contributed by atoms with Crippen LogP contribution in [0.5, 0.6) is 0 Å². The van der Waals surface area contributed by atoms with E-state index in [0.717, 1.165) is 42.5 Å². The third-order valence-corrected chi connectivity index (χ3v) is 4.60. The molecule has 1 heterocycles. The Morgan fingerprint density at radius 1 is 1.08 bits per heavy atom. The van der Waals surface area contributed by atoms with E-state index in [1.54, 1.807) is 24.3 Å². The summed E-state index contributed by atoms with van der Waals surface area (Å²) in [7, 11) is 0. The van der Waals surface area contributed by atoms with Crippen molar-refractivity contribution in [3.8, 4) is 0 Å². The Labute approximate surface area is 152 Å². The lowest BCUT2D eigenvalue weighted by molar-refractivity contribution is -0.137. The summed E-state index contributed by atoms with van der Waals surface area (Å²) in [5.74, 6) is -0.443. The van der Waals surface area contributed by atoms with E-state index >= 15 is 0 Å². The zero-order valence-electron chi connectivity index (χ0n) is 13.2. The van der Waals surface area contributed by atoms with Gasteiger partial charge in [-0.3, -0.25) is 4.79 Å². The molecular formula is C18H16BrF3N2O. The number of carbonyl (C=O) groups excluding carboxylic acids is 1. The minimum atomic E-state index is -4.46. The van der Waals surface area contributed by atoms with Gasteiger partial charge in [-0.2, -0.15) is 13.2 Å². The topological polar surface area (TPSA) is 32.3 Å². The van der Waals surface area contributed by atoms with E-state index in [1.165, 1.54) is 6.07 Å². The van der Waals surface area contributed by atoms with Crippen molar-refractivity contribution in [3.05, 3.63) is 58.1 Å². The van der Waals surface area contributed by atoms with E-state index in [1.807, 2.05) is 4.90 Å². The molecule has 132 valence electrons. The Kier molecular flexibility index (Phi) is 5.03. The quantitative estimate of drug-likeness (QED) is 0.739. The second kappa shape index (κ2) is 7.07. The van der Waals surface area contributed by atoms with Gasteiger partial charge in [-0.15, -0.1) is 0 Å². The number of hydrogen-bond acceptors (Lipinski definition) is 2. The fraction of sp³-hybridized carbons (Fsp3) is 0.278. The highest BCUT2D eigenvalue weighted by Crippen LogP contribution is 2.36. The van der Waals surface area contributed by atoms with Gasteiger partial charge in [-0.25, -0.2) is 0 Å². The number of nitrogens with one attached hydrogen (secondary N) is 1. The third kappa shape index (κ3) is 4.15. The van der Waals surface area contributed by atoms with E-state index in [0.29, 0.717) is 11.3 Å². The summed E-state index contributed by atoms with van der Waals surface area (Å²) in [4.78, 5) is 14.5. The summed E-state index contributed by atoms with van der Waals surface area (Å²) in [5, 5.41) is 2.64. The van der Waals surface area contributed by atoms with Crippen molar-refractivity contribution in [2.24, 2.45) is 0 Å². The van der Waals surface area contributed by atoms with Crippen LogP contribution in [-0.2, 0) is 6.18 Å². The average molecular weight is 413 g/mol. The molecule has 0 bridgehead atoms. The van der Waals surface area contributed by atoms with Gasteiger partial charge in [0, 0.05) is 23.1 Å². The SMILES string of the molecule is O=C(Nc1cc(C(F)(F)F)ccc1N1CCCC1)c1cccc(Br)c1. The zero-order chi connectivity index (χ0) is 18.0. The van der Waals surface area contributed by atoms with Gasteiger partial charge in [0.1, 0.15) is 0 Å². The van der Waals surface area contributed by atoms with Crippen LogP contribution in [0.25, 0.3) is 0 Å². The Bertz CT molecular complexity index is 786. The molecule has 0 aromatic heterocycles. The molecule has 3 rings (SSSR count). The molecule has 1 fully saturated rings. The molecule has 0 saturated carbocycles. The number of benzene rings is 2. The molecule has 2 aromatic rings. The first kappa shape index (κ1) is 17.8. The molecule has 1 aliphatic rings. The maximum absolute atomic E-state index is 13.1. The van der Waals surface area contributed by atoms with Crippen molar-refractivity contribution in [3.63, 3.8) is 0 Å². The average Bonchev–Trinajstić information content (AvgIpc) is 3.08. The van der Waals surface area contributed by atoms with Crippen LogP contribution in [-0.4, -0.2) is 19.0 Å².